The van der Waals surface area contributed by atoms with E-state index in [1.54, 1.807) is 0 Å². The van der Waals surface area contributed by atoms with Gasteiger partial charge in [-0.2, -0.15) is 0 Å². The Morgan fingerprint density at radius 2 is 1.68 bits per heavy atom. The summed E-state index contributed by atoms with van der Waals surface area (Å²) in [6.45, 7) is 2.16. The molecule has 154 valence electrons. The highest BCUT2D eigenvalue weighted by atomic mass is 32.1. The van der Waals surface area contributed by atoms with Gasteiger partial charge in [0.2, 0.25) is 0 Å². The van der Waals surface area contributed by atoms with Crippen LogP contribution >= 0.6 is 12.2 Å². The zero-order valence-corrected chi connectivity index (χ0v) is 18.0. The van der Waals surface area contributed by atoms with Crippen molar-refractivity contribution in [1.29, 1.82) is 0 Å². The molecule has 0 aliphatic carbocycles. The van der Waals surface area contributed by atoms with Crippen molar-refractivity contribution in [3.63, 3.8) is 0 Å². The number of aryl methyl sites for hydroxylation is 1. The van der Waals surface area contributed by atoms with Gasteiger partial charge in [0.1, 0.15) is 11.9 Å². The zero-order valence-electron chi connectivity index (χ0n) is 17.2. The third-order valence-electron chi connectivity index (χ3n) is 5.70. The second-order valence-corrected chi connectivity index (χ2v) is 7.89. The standard InChI is InChI=1S/C25H23N5S/c1-2-18-11-13-19(14-12-18)30-24(23(28-25(30)31)20-8-3-5-15-26-20)21-9-7-17-29(21)22-10-4-6-16-27-22/h3-17,23-24H,2H2,1H3,(H,28,31)/t23-,24-/m0/s1. The van der Waals surface area contributed by atoms with Crippen molar-refractivity contribution >= 4 is 23.0 Å². The van der Waals surface area contributed by atoms with Gasteiger partial charge in [-0.1, -0.05) is 31.2 Å². The average molecular weight is 426 g/mol. The number of anilines is 1. The SMILES string of the molecule is CCc1ccc(N2C(=S)N[C@@H](c3ccccn3)[C@@H]2c2cccn2-c2ccccn2)cc1. The molecule has 0 radical (unpaired) electrons. The lowest BCUT2D eigenvalue weighted by Crippen LogP contribution is -2.30. The van der Waals surface area contributed by atoms with Crippen LogP contribution in [-0.4, -0.2) is 19.6 Å². The monoisotopic (exact) mass is 425 g/mol. The molecule has 0 bridgehead atoms. The van der Waals surface area contributed by atoms with Crippen LogP contribution in [0.15, 0.2) is 91.4 Å². The molecule has 5 rings (SSSR count). The third kappa shape index (κ3) is 3.59. The molecule has 6 heteroatoms. The summed E-state index contributed by atoms with van der Waals surface area (Å²) in [5, 5.41) is 4.22. The van der Waals surface area contributed by atoms with E-state index >= 15 is 0 Å². The molecular formula is C25H23N5S. The summed E-state index contributed by atoms with van der Waals surface area (Å²) in [5.74, 6) is 0.876. The largest absolute Gasteiger partial charge is 0.351 e. The molecule has 0 amide bonds. The molecule has 1 fully saturated rings. The number of aromatic nitrogens is 3. The lowest BCUT2D eigenvalue weighted by molar-refractivity contribution is 0.548. The zero-order chi connectivity index (χ0) is 21.2. The van der Waals surface area contributed by atoms with Gasteiger partial charge in [-0.25, -0.2) is 4.98 Å². The van der Waals surface area contributed by atoms with E-state index < -0.39 is 0 Å². The van der Waals surface area contributed by atoms with Gasteiger partial charge in [0.25, 0.3) is 0 Å². The number of hydrogen-bond acceptors (Lipinski definition) is 3. The normalized spacial score (nSPS) is 18.2. The number of nitrogens with zero attached hydrogens (tertiary/aromatic N) is 4. The van der Waals surface area contributed by atoms with Crippen LogP contribution in [-0.2, 0) is 6.42 Å². The maximum absolute atomic E-state index is 5.83. The smallest absolute Gasteiger partial charge is 0.174 e. The Bertz CT molecular complexity index is 1170. The van der Waals surface area contributed by atoms with Crippen molar-refractivity contribution < 1.29 is 0 Å². The highest BCUT2D eigenvalue weighted by Gasteiger charge is 2.42. The predicted molar refractivity (Wildman–Crippen MR) is 127 cm³/mol. The number of hydrogen-bond donors (Lipinski definition) is 1. The lowest BCUT2D eigenvalue weighted by atomic mass is 10.0. The molecular weight excluding hydrogens is 402 g/mol. The predicted octanol–water partition coefficient (Wildman–Crippen LogP) is 5.01. The Balaban J connectivity index is 1.65. The molecule has 1 aromatic carbocycles. The maximum atomic E-state index is 5.83. The minimum Gasteiger partial charge on any atom is -0.351 e. The molecule has 0 unspecified atom stereocenters. The first-order valence-corrected chi connectivity index (χ1v) is 10.9. The van der Waals surface area contributed by atoms with E-state index in [4.69, 9.17) is 12.2 Å². The van der Waals surface area contributed by atoms with Crippen molar-refractivity contribution in [2.45, 2.75) is 25.4 Å². The van der Waals surface area contributed by atoms with Gasteiger partial charge in [0.15, 0.2) is 5.11 Å². The molecule has 5 nitrogen and oxygen atoms in total. The van der Waals surface area contributed by atoms with Gasteiger partial charge >= 0.3 is 0 Å². The Kier molecular flexibility index (Phi) is 5.22. The Morgan fingerprint density at radius 3 is 2.35 bits per heavy atom. The summed E-state index contributed by atoms with van der Waals surface area (Å²) >= 11 is 5.83. The molecule has 1 N–H and O–H groups in total. The molecule has 0 spiro atoms. The Hall–Kier alpha value is -3.51. The first-order chi connectivity index (χ1) is 15.3. The molecule has 0 saturated carbocycles. The van der Waals surface area contributed by atoms with Crippen molar-refractivity contribution in [3.8, 4) is 5.82 Å². The van der Waals surface area contributed by atoms with Gasteiger partial charge in [0.05, 0.1) is 11.7 Å². The van der Waals surface area contributed by atoms with Gasteiger partial charge in [-0.05, 0) is 72.7 Å². The number of thiocarbonyl (C=S) groups is 1. The molecule has 31 heavy (non-hydrogen) atoms. The summed E-state index contributed by atoms with van der Waals surface area (Å²) < 4.78 is 2.13. The van der Waals surface area contributed by atoms with Crippen LogP contribution < -0.4 is 10.2 Å². The van der Waals surface area contributed by atoms with Crippen molar-refractivity contribution in [2.24, 2.45) is 0 Å². The summed E-state index contributed by atoms with van der Waals surface area (Å²) in [6.07, 6.45) is 6.69. The molecule has 4 aromatic rings. The van der Waals surface area contributed by atoms with Crippen LogP contribution in [0, 0.1) is 0 Å². The van der Waals surface area contributed by atoms with Crippen LogP contribution in [0.3, 0.4) is 0 Å². The summed E-state index contributed by atoms with van der Waals surface area (Å²) in [6, 6.07) is 24.6. The third-order valence-corrected chi connectivity index (χ3v) is 6.01. The fourth-order valence-corrected chi connectivity index (χ4v) is 4.51. The van der Waals surface area contributed by atoms with E-state index in [1.165, 1.54) is 5.56 Å². The van der Waals surface area contributed by atoms with E-state index in [0.29, 0.717) is 5.11 Å². The van der Waals surface area contributed by atoms with E-state index in [2.05, 4.69) is 68.1 Å². The first-order valence-electron chi connectivity index (χ1n) is 10.4. The van der Waals surface area contributed by atoms with Gasteiger partial charge in [-0.3, -0.25) is 4.98 Å². The van der Waals surface area contributed by atoms with E-state index in [9.17, 15) is 0 Å². The minimum atomic E-state index is -0.0862. The van der Waals surface area contributed by atoms with Gasteiger partial charge < -0.3 is 14.8 Å². The van der Waals surface area contributed by atoms with Crippen LogP contribution in [0.1, 0.15) is 36.0 Å². The van der Waals surface area contributed by atoms with Crippen LogP contribution in [0.5, 0.6) is 0 Å². The van der Waals surface area contributed by atoms with Crippen LogP contribution in [0.4, 0.5) is 5.69 Å². The molecule has 4 heterocycles. The highest BCUT2D eigenvalue weighted by molar-refractivity contribution is 7.80. The van der Waals surface area contributed by atoms with E-state index in [0.717, 1.165) is 29.3 Å². The quantitative estimate of drug-likeness (QED) is 0.456. The first kappa shape index (κ1) is 19.5. The fraction of sp³-hybridized carbons (Fsp3) is 0.160. The van der Waals surface area contributed by atoms with E-state index in [-0.39, 0.29) is 12.1 Å². The summed E-state index contributed by atoms with van der Waals surface area (Å²) in [4.78, 5) is 11.4. The van der Waals surface area contributed by atoms with E-state index in [1.807, 2.05) is 55.0 Å². The van der Waals surface area contributed by atoms with Gasteiger partial charge in [0, 0.05) is 30.0 Å². The highest BCUT2D eigenvalue weighted by Crippen LogP contribution is 2.42. The molecule has 2 atom stereocenters. The topological polar surface area (TPSA) is 46.0 Å². The van der Waals surface area contributed by atoms with Crippen LogP contribution in [0.25, 0.3) is 5.82 Å². The summed E-state index contributed by atoms with van der Waals surface area (Å²) in [5.41, 5.74) is 4.42. The Labute approximate surface area is 187 Å². The molecule has 1 aliphatic rings. The maximum Gasteiger partial charge on any atom is 0.174 e. The van der Waals surface area contributed by atoms with Gasteiger partial charge in [-0.15, -0.1) is 0 Å². The minimum absolute atomic E-state index is 0.0770. The molecule has 3 aromatic heterocycles. The average Bonchev–Trinajstić information content (AvgIpc) is 3.44. The summed E-state index contributed by atoms with van der Waals surface area (Å²) in [7, 11) is 0. The number of pyridine rings is 2. The molecule has 1 saturated heterocycles. The van der Waals surface area contributed by atoms with Crippen molar-refractivity contribution in [1.82, 2.24) is 19.9 Å². The Morgan fingerprint density at radius 1 is 0.903 bits per heavy atom. The second-order valence-electron chi connectivity index (χ2n) is 7.51. The second kappa shape index (κ2) is 8.32. The fourth-order valence-electron chi connectivity index (χ4n) is 4.17. The lowest BCUT2D eigenvalue weighted by Gasteiger charge is -2.29. The van der Waals surface area contributed by atoms with Crippen molar-refractivity contribution in [3.05, 3.63) is 108 Å². The molecule has 1 aliphatic heterocycles. The number of rotatable bonds is 5. The van der Waals surface area contributed by atoms with Crippen molar-refractivity contribution in [2.75, 3.05) is 4.90 Å². The van der Waals surface area contributed by atoms with Crippen LogP contribution in [0.2, 0.25) is 0 Å². The number of nitrogens with one attached hydrogen (secondary N) is 1. The number of benzene rings is 1.